The predicted molar refractivity (Wildman–Crippen MR) is 67.0 cm³/mol. The molecule has 0 atom stereocenters. The van der Waals surface area contributed by atoms with E-state index >= 15 is 0 Å². The van der Waals surface area contributed by atoms with Crippen molar-refractivity contribution in [1.29, 1.82) is 0 Å². The molecule has 2 N–H and O–H groups in total. The fourth-order valence-electron chi connectivity index (χ4n) is 1.28. The van der Waals surface area contributed by atoms with Gasteiger partial charge in [-0.15, -0.1) is 0 Å². The number of methoxy groups -OCH3 is 1. The van der Waals surface area contributed by atoms with Crippen LogP contribution < -0.4 is 9.46 Å². The van der Waals surface area contributed by atoms with Crippen LogP contribution in [0.25, 0.3) is 0 Å². The molecule has 0 aromatic heterocycles. The second-order valence-corrected chi connectivity index (χ2v) is 5.50. The average molecular weight is 259 g/mol. The first kappa shape index (κ1) is 13.6. The molecular weight excluding hydrogens is 242 g/mol. The van der Waals surface area contributed by atoms with Gasteiger partial charge in [0.2, 0.25) is 10.0 Å². The summed E-state index contributed by atoms with van der Waals surface area (Å²) in [4.78, 5) is 0. The lowest BCUT2D eigenvalue weighted by Gasteiger charge is -2.10. The summed E-state index contributed by atoms with van der Waals surface area (Å²) in [5.74, 6) is 0.405. The molecule has 17 heavy (non-hydrogen) atoms. The van der Waals surface area contributed by atoms with Crippen LogP contribution in [0.1, 0.15) is 19.8 Å². The van der Waals surface area contributed by atoms with Crippen LogP contribution in [0.2, 0.25) is 0 Å². The number of anilines is 1. The van der Waals surface area contributed by atoms with E-state index in [-0.39, 0.29) is 17.2 Å². The molecule has 6 heteroatoms. The Hall–Kier alpha value is -1.43. The van der Waals surface area contributed by atoms with E-state index in [1.54, 1.807) is 6.07 Å². The summed E-state index contributed by atoms with van der Waals surface area (Å²) in [7, 11) is -1.94. The highest BCUT2D eigenvalue weighted by Gasteiger charge is 2.12. The molecule has 0 fully saturated rings. The number of phenols is 1. The van der Waals surface area contributed by atoms with E-state index in [9.17, 15) is 13.5 Å². The molecule has 0 aliphatic heterocycles. The minimum atomic E-state index is -3.41. The zero-order valence-corrected chi connectivity index (χ0v) is 10.8. The van der Waals surface area contributed by atoms with Gasteiger partial charge in [-0.05, 0) is 18.6 Å². The second kappa shape index (κ2) is 5.77. The van der Waals surface area contributed by atoms with Crippen LogP contribution in [0.4, 0.5) is 5.69 Å². The fraction of sp³-hybridized carbons (Fsp3) is 0.455. The van der Waals surface area contributed by atoms with Crippen molar-refractivity contribution in [1.82, 2.24) is 0 Å². The van der Waals surface area contributed by atoms with Crippen molar-refractivity contribution < 1.29 is 18.3 Å². The molecule has 0 radical (unpaired) electrons. The van der Waals surface area contributed by atoms with Gasteiger partial charge in [-0.2, -0.15) is 0 Å². The fourth-order valence-corrected chi connectivity index (χ4v) is 2.55. The Labute approximate surface area is 101 Å². The Morgan fingerprint density at radius 1 is 1.41 bits per heavy atom. The van der Waals surface area contributed by atoms with Crippen molar-refractivity contribution >= 4 is 15.7 Å². The number of rotatable bonds is 6. The smallest absolute Gasteiger partial charge is 0.232 e. The largest absolute Gasteiger partial charge is 0.506 e. The monoisotopic (exact) mass is 259 g/mol. The maximum Gasteiger partial charge on any atom is 0.232 e. The summed E-state index contributed by atoms with van der Waals surface area (Å²) in [5.41, 5.74) is 0.139. The topological polar surface area (TPSA) is 75.6 Å². The summed E-state index contributed by atoms with van der Waals surface area (Å²) in [5, 5.41) is 9.54. The highest BCUT2D eigenvalue weighted by atomic mass is 32.2. The molecule has 1 aromatic carbocycles. The maximum atomic E-state index is 11.6. The van der Waals surface area contributed by atoms with Crippen molar-refractivity contribution in [2.75, 3.05) is 17.6 Å². The van der Waals surface area contributed by atoms with E-state index in [2.05, 4.69) is 4.72 Å². The Bertz CT molecular complexity index is 470. The van der Waals surface area contributed by atoms with Gasteiger partial charge in [0.1, 0.15) is 11.5 Å². The van der Waals surface area contributed by atoms with Crippen LogP contribution in [0, 0.1) is 0 Å². The lowest BCUT2D eigenvalue weighted by molar-refractivity contribution is 0.413. The van der Waals surface area contributed by atoms with E-state index in [0.29, 0.717) is 12.2 Å². The van der Waals surface area contributed by atoms with Crippen LogP contribution in [0.15, 0.2) is 18.2 Å². The first-order valence-electron chi connectivity index (χ1n) is 5.36. The molecule has 0 unspecified atom stereocenters. The number of unbranched alkanes of at least 4 members (excludes halogenated alkanes) is 1. The number of phenolic OH excluding ortho intramolecular Hbond substituents is 1. The molecule has 0 amide bonds. The van der Waals surface area contributed by atoms with E-state index in [0.717, 1.165) is 6.42 Å². The Morgan fingerprint density at radius 2 is 2.12 bits per heavy atom. The number of ether oxygens (including phenoxy) is 1. The number of aromatic hydroxyl groups is 1. The summed E-state index contributed by atoms with van der Waals surface area (Å²) in [6.07, 6.45) is 1.38. The highest BCUT2D eigenvalue weighted by molar-refractivity contribution is 7.92. The predicted octanol–water partition coefficient (Wildman–Crippen LogP) is 1.94. The number of hydrogen-bond donors (Lipinski definition) is 2. The van der Waals surface area contributed by atoms with Crippen molar-refractivity contribution in [3.05, 3.63) is 18.2 Å². The molecule has 0 aliphatic rings. The molecular formula is C11H17NO4S. The molecule has 5 nitrogen and oxygen atoms in total. The van der Waals surface area contributed by atoms with Crippen molar-refractivity contribution in [3.63, 3.8) is 0 Å². The number of sulfonamides is 1. The molecule has 0 saturated heterocycles. The normalized spacial score (nSPS) is 11.2. The molecule has 0 saturated carbocycles. The van der Waals surface area contributed by atoms with Gasteiger partial charge >= 0.3 is 0 Å². The van der Waals surface area contributed by atoms with Crippen LogP contribution in [0.3, 0.4) is 0 Å². The number of nitrogens with one attached hydrogen (secondary N) is 1. The zero-order valence-electron chi connectivity index (χ0n) is 9.93. The number of hydrogen-bond acceptors (Lipinski definition) is 4. The SMILES string of the molecule is CCCCS(=O)(=O)Nc1cc(OC)ccc1O. The van der Waals surface area contributed by atoms with E-state index in [4.69, 9.17) is 4.74 Å². The average Bonchev–Trinajstić information content (AvgIpc) is 2.29. The summed E-state index contributed by atoms with van der Waals surface area (Å²) in [6.45, 7) is 1.92. The molecule has 0 bridgehead atoms. The lowest BCUT2D eigenvalue weighted by atomic mass is 10.3. The Kier molecular flexibility index (Phi) is 4.62. The summed E-state index contributed by atoms with van der Waals surface area (Å²) in [6, 6.07) is 4.38. The third-order valence-corrected chi connectivity index (χ3v) is 3.59. The van der Waals surface area contributed by atoms with Gasteiger partial charge < -0.3 is 9.84 Å². The van der Waals surface area contributed by atoms with Gasteiger partial charge in [0.05, 0.1) is 18.6 Å². The molecule has 0 spiro atoms. The van der Waals surface area contributed by atoms with Crippen LogP contribution in [0.5, 0.6) is 11.5 Å². The third kappa shape index (κ3) is 4.14. The van der Waals surface area contributed by atoms with Crippen LogP contribution in [-0.4, -0.2) is 26.4 Å². The van der Waals surface area contributed by atoms with E-state index < -0.39 is 10.0 Å². The second-order valence-electron chi connectivity index (χ2n) is 3.66. The van der Waals surface area contributed by atoms with Gasteiger partial charge in [-0.1, -0.05) is 13.3 Å². The Balaban J connectivity index is 2.87. The summed E-state index contributed by atoms with van der Waals surface area (Å²) < 4.78 is 30.6. The third-order valence-electron chi connectivity index (χ3n) is 2.24. The lowest BCUT2D eigenvalue weighted by Crippen LogP contribution is -2.16. The molecule has 96 valence electrons. The number of benzene rings is 1. The minimum absolute atomic E-state index is 0.0418. The zero-order chi connectivity index (χ0) is 12.9. The molecule has 1 rings (SSSR count). The first-order valence-corrected chi connectivity index (χ1v) is 7.01. The first-order chi connectivity index (χ1) is 7.98. The van der Waals surface area contributed by atoms with Gasteiger partial charge in [0.25, 0.3) is 0 Å². The Morgan fingerprint density at radius 3 is 2.71 bits per heavy atom. The van der Waals surface area contributed by atoms with E-state index in [1.165, 1.54) is 19.2 Å². The van der Waals surface area contributed by atoms with Gasteiger partial charge in [0.15, 0.2) is 0 Å². The van der Waals surface area contributed by atoms with Crippen LogP contribution >= 0.6 is 0 Å². The van der Waals surface area contributed by atoms with Gasteiger partial charge in [0, 0.05) is 6.07 Å². The molecule has 1 aromatic rings. The quantitative estimate of drug-likeness (QED) is 0.765. The van der Waals surface area contributed by atoms with Crippen molar-refractivity contribution in [3.8, 4) is 11.5 Å². The van der Waals surface area contributed by atoms with Crippen molar-refractivity contribution in [2.24, 2.45) is 0 Å². The van der Waals surface area contributed by atoms with Gasteiger partial charge in [-0.25, -0.2) is 8.42 Å². The maximum absolute atomic E-state index is 11.6. The van der Waals surface area contributed by atoms with Gasteiger partial charge in [-0.3, -0.25) is 4.72 Å². The standard InChI is InChI=1S/C11H17NO4S/c1-3-4-7-17(14,15)12-10-8-9(16-2)5-6-11(10)13/h5-6,8,12-13H,3-4,7H2,1-2H3. The van der Waals surface area contributed by atoms with E-state index in [1.807, 2.05) is 6.92 Å². The minimum Gasteiger partial charge on any atom is -0.506 e. The molecule has 0 heterocycles. The van der Waals surface area contributed by atoms with Crippen LogP contribution in [-0.2, 0) is 10.0 Å². The molecule has 0 aliphatic carbocycles. The summed E-state index contributed by atoms with van der Waals surface area (Å²) >= 11 is 0. The van der Waals surface area contributed by atoms with Crippen molar-refractivity contribution in [2.45, 2.75) is 19.8 Å². The highest BCUT2D eigenvalue weighted by Crippen LogP contribution is 2.28.